The molecule has 0 aliphatic rings. The number of ether oxygens (including phenoxy) is 2. The Morgan fingerprint density at radius 3 is 2.55 bits per heavy atom. The van der Waals surface area contributed by atoms with Crippen molar-refractivity contribution < 1.29 is 18.7 Å². The average molecular weight is 445 g/mol. The molecule has 6 nitrogen and oxygen atoms in total. The quantitative estimate of drug-likeness (QED) is 0.329. The molecular weight excluding hydrogens is 416 g/mol. The number of methoxy groups -OCH3 is 1. The first-order valence-electron chi connectivity index (χ1n) is 11.1. The zero-order valence-corrected chi connectivity index (χ0v) is 19.3. The van der Waals surface area contributed by atoms with E-state index in [1.54, 1.807) is 37.4 Å². The van der Waals surface area contributed by atoms with Crippen molar-refractivity contribution in [2.75, 3.05) is 19.0 Å². The molecule has 0 aliphatic carbocycles. The van der Waals surface area contributed by atoms with Crippen LogP contribution in [0.25, 0.3) is 22.6 Å². The Bertz CT molecular complexity index is 1260. The number of hydrogen-bond acceptors (Lipinski definition) is 5. The van der Waals surface area contributed by atoms with E-state index in [9.17, 15) is 4.79 Å². The lowest BCUT2D eigenvalue weighted by atomic mass is 10.0. The number of amides is 1. The molecule has 1 N–H and O–H groups in total. The van der Waals surface area contributed by atoms with Crippen LogP contribution in [-0.2, 0) is 0 Å². The van der Waals surface area contributed by atoms with E-state index in [0.717, 1.165) is 28.8 Å². The molecule has 0 radical (unpaired) electrons. The Labute approximate surface area is 193 Å². The Hall–Kier alpha value is -3.80. The summed E-state index contributed by atoms with van der Waals surface area (Å²) in [6.45, 7) is 6.98. The summed E-state index contributed by atoms with van der Waals surface area (Å²) in [7, 11) is 1.57. The van der Waals surface area contributed by atoms with Gasteiger partial charge in [0.05, 0.1) is 19.4 Å². The largest absolute Gasteiger partial charge is 0.495 e. The fourth-order valence-electron chi connectivity index (χ4n) is 3.48. The second kappa shape index (κ2) is 9.77. The molecule has 0 unspecified atom stereocenters. The van der Waals surface area contributed by atoms with Crippen LogP contribution >= 0.6 is 0 Å². The van der Waals surface area contributed by atoms with Crippen molar-refractivity contribution in [1.29, 1.82) is 0 Å². The van der Waals surface area contributed by atoms with Crippen LogP contribution in [0.3, 0.4) is 0 Å². The predicted molar refractivity (Wildman–Crippen MR) is 130 cm³/mol. The molecule has 6 heteroatoms. The number of aromatic nitrogens is 1. The molecule has 4 aromatic rings. The van der Waals surface area contributed by atoms with Crippen molar-refractivity contribution in [2.24, 2.45) is 0 Å². The van der Waals surface area contributed by atoms with Crippen molar-refractivity contribution in [3.05, 3.63) is 71.8 Å². The first-order chi connectivity index (χ1) is 16.0. The number of hydrogen-bond donors (Lipinski definition) is 1. The summed E-state index contributed by atoms with van der Waals surface area (Å²) >= 11 is 0. The zero-order chi connectivity index (χ0) is 23.4. The molecular formula is C27H28N2O4. The van der Waals surface area contributed by atoms with Gasteiger partial charge in [-0.05, 0) is 72.5 Å². The monoisotopic (exact) mass is 444 g/mol. The smallest absolute Gasteiger partial charge is 0.255 e. The van der Waals surface area contributed by atoms with Crippen LogP contribution in [0.5, 0.6) is 11.5 Å². The lowest BCUT2D eigenvalue weighted by Gasteiger charge is -2.12. The van der Waals surface area contributed by atoms with E-state index in [0.29, 0.717) is 35.4 Å². The molecule has 0 aliphatic heterocycles. The first-order valence-corrected chi connectivity index (χ1v) is 11.1. The van der Waals surface area contributed by atoms with Crippen molar-refractivity contribution in [3.63, 3.8) is 0 Å². The maximum Gasteiger partial charge on any atom is 0.255 e. The number of anilines is 1. The molecule has 1 heterocycles. The van der Waals surface area contributed by atoms with E-state index in [1.165, 1.54) is 5.56 Å². The molecule has 0 bridgehead atoms. The van der Waals surface area contributed by atoms with Gasteiger partial charge in [-0.2, -0.15) is 0 Å². The maximum absolute atomic E-state index is 12.9. The van der Waals surface area contributed by atoms with Crippen molar-refractivity contribution >= 4 is 22.7 Å². The zero-order valence-electron chi connectivity index (χ0n) is 19.3. The van der Waals surface area contributed by atoms with Crippen LogP contribution < -0.4 is 14.8 Å². The van der Waals surface area contributed by atoms with Crippen LogP contribution in [0.2, 0.25) is 0 Å². The summed E-state index contributed by atoms with van der Waals surface area (Å²) in [6.07, 6.45) is 0.928. The SMILES string of the molecule is CCCOc1ccc(C(=O)Nc2cc(-c3nc4cc(C(C)C)ccc4o3)ccc2OC)cc1. The summed E-state index contributed by atoms with van der Waals surface area (Å²) in [4.78, 5) is 17.5. The van der Waals surface area contributed by atoms with Crippen LogP contribution in [0, 0.1) is 0 Å². The number of carbonyl (C=O) groups is 1. The van der Waals surface area contributed by atoms with Gasteiger partial charge in [-0.25, -0.2) is 4.98 Å². The third kappa shape index (κ3) is 5.00. The lowest BCUT2D eigenvalue weighted by molar-refractivity contribution is 0.102. The summed E-state index contributed by atoms with van der Waals surface area (Å²) in [5.41, 5.74) is 4.54. The molecule has 170 valence electrons. The van der Waals surface area contributed by atoms with Crippen molar-refractivity contribution in [2.45, 2.75) is 33.1 Å². The van der Waals surface area contributed by atoms with E-state index >= 15 is 0 Å². The minimum atomic E-state index is -0.244. The molecule has 0 saturated carbocycles. The molecule has 1 amide bonds. The van der Waals surface area contributed by atoms with Gasteiger partial charge in [-0.3, -0.25) is 4.79 Å². The lowest BCUT2D eigenvalue weighted by Crippen LogP contribution is -2.12. The van der Waals surface area contributed by atoms with Gasteiger partial charge >= 0.3 is 0 Å². The van der Waals surface area contributed by atoms with E-state index in [2.05, 4.69) is 30.2 Å². The number of oxazole rings is 1. The highest BCUT2D eigenvalue weighted by Gasteiger charge is 2.15. The fourth-order valence-corrected chi connectivity index (χ4v) is 3.48. The summed E-state index contributed by atoms with van der Waals surface area (Å²) in [6, 6.07) is 18.6. The van der Waals surface area contributed by atoms with Gasteiger partial charge in [0.1, 0.15) is 17.0 Å². The number of rotatable bonds is 8. The molecule has 0 spiro atoms. The van der Waals surface area contributed by atoms with E-state index < -0.39 is 0 Å². The minimum absolute atomic E-state index is 0.244. The number of nitrogens with zero attached hydrogens (tertiary/aromatic N) is 1. The van der Waals surface area contributed by atoms with Gasteiger partial charge in [-0.1, -0.05) is 26.8 Å². The highest BCUT2D eigenvalue weighted by molar-refractivity contribution is 6.05. The van der Waals surface area contributed by atoms with E-state index in [1.807, 2.05) is 31.2 Å². The maximum atomic E-state index is 12.9. The number of carbonyl (C=O) groups excluding carboxylic acids is 1. The van der Waals surface area contributed by atoms with Crippen LogP contribution in [0.15, 0.2) is 65.1 Å². The molecule has 3 aromatic carbocycles. The first kappa shape index (κ1) is 22.4. The topological polar surface area (TPSA) is 73.6 Å². The van der Waals surface area contributed by atoms with E-state index in [-0.39, 0.29) is 5.91 Å². The van der Waals surface area contributed by atoms with Crippen LogP contribution in [-0.4, -0.2) is 24.6 Å². The second-order valence-corrected chi connectivity index (χ2v) is 8.14. The molecule has 0 fully saturated rings. The van der Waals surface area contributed by atoms with Gasteiger partial charge in [0, 0.05) is 11.1 Å². The molecule has 0 atom stereocenters. The Balaban J connectivity index is 1.59. The van der Waals surface area contributed by atoms with Crippen molar-refractivity contribution in [3.8, 4) is 23.0 Å². The average Bonchev–Trinajstić information content (AvgIpc) is 3.26. The van der Waals surface area contributed by atoms with E-state index in [4.69, 9.17) is 13.9 Å². The van der Waals surface area contributed by atoms with Crippen LogP contribution in [0.1, 0.15) is 49.0 Å². The second-order valence-electron chi connectivity index (χ2n) is 8.14. The molecule has 33 heavy (non-hydrogen) atoms. The third-order valence-corrected chi connectivity index (χ3v) is 5.36. The third-order valence-electron chi connectivity index (χ3n) is 5.36. The Kier molecular flexibility index (Phi) is 6.63. The summed E-state index contributed by atoms with van der Waals surface area (Å²) < 4.78 is 17.0. The van der Waals surface area contributed by atoms with Crippen molar-refractivity contribution in [1.82, 2.24) is 4.98 Å². The van der Waals surface area contributed by atoms with Crippen LogP contribution in [0.4, 0.5) is 5.69 Å². The summed E-state index contributed by atoms with van der Waals surface area (Å²) in [5, 5.41) is 2.93. The standard InChI is InChI=1S/C27H28N2O4/c1-5-14-32-21-10-6-18(7-11-21)26(30)28-22-16-20(9-12-24(22)31-4)27-29-23-15-19(17(2)3)8-13-25(23)33-27/h6-13,15-17H,5,14H2,1-4H3,(H,28,30). The van der Waals surface area contributed by atoms with Gasteiger partial charge in [0.15, 0.2) is 5.58 Å². The highest BCUT2D eigenvalue weighted by Crippen LogP contribution is 2.33. The van der Waals surface area contributed by atoms with Gasteiger partial charge < -0.3 is 19.2 Å². The predicted octanol–water partition coefficient (Wildman–Crippen LogP) is 6.67. The normalized spacial score (nSPS) is 11.1. The fraction of sp³-hybridized carbons (Fsp3) is 0.259. The molecule has 1 aromatic heterocycles. The number of nitrogens with one attached hydrogen (secondary N) is 1. The number of benzene rings is 3. The highest BCUT2D eigenvalue weighted by atomic mass is 16.5. The minimum Gasteiger partial charge on any atom is -0.495 e. The Morgan fingerprint density at radius 2 is 1.85 bits per heavy atom. The summed E-state index contributed by atoms with van der Waals surface area (Å²) in [5.74, 6) is 1.94. The Morgan fingerprint density at radius 1 is 1.06 bits per heavy atom. The molecule has 4 rings (SSSR count). The van der Waals surface area contributed by atoms with Gasteiger partial charge in [0.25, 0.3) is 5.91 Å². The van der Waals surface area contributed by atoms with Gasteiger partial charge in [0.2, 0.25) is 5.89 Å². The van der Waals surface area contributed by atoms with Gasteiger partial charge in [-0.15, -0.1) is 0 Å². The number of fused-ring (bicyclic) bond motifs is 1. The molecule has 0 saturated heterocycles.